The number of nitrogens with one attached hydrogen (secondary N) is 2. The number of rotatable bonds is 4. The molecular formula is C13H20N6O. The van der Waals surface area contributed by atoms with Gasteiger partial charge in [0.1, 0.15) is 5.52 Å². The summed E-state index contributed by atoms with van der Waals surface area (Å²) in [7, 11) is 1.82. The van der Waals surface area contributed by atoms with Gasteiger partial charge in [0.15, 0.2) is 11.5 Å². The second kappa shape index (κ2) is 5.62. The van der Waals surface area contributed by atoms with Crippen molar-refractivity contribution in [2.75, 3.05) is 37.0 Å². The van der Waals surface area contributed by atoms with Gasteiger partial charge < -0.3 is 19.9 Å². The summed E-state index contributed by atoms with van der Waals surface area (Å²) < 4.78 is 5.76. The molecule has 2 N–H and O–H groups in total. The summed E-state index contributed by atoms with van der Waals surface area (Å²) in [4.78, 5) is 18.6. The van der Waals surface area contributed by atoms with Crippen LogP contribution in [0, 0.1) is 0 Å². The molecule has 108 valence electrons. The molecule has 0 aromatic carbocycles. The summed E-state index contributed by atoms with van der Waals surface area (Å²) in [5.74, 6) is 1.50. The number of ether oxygens (including phenoxy) is 1. The summed E-state index contributed by atoms with van der Waals surface area (Å²) in [5.41, 5.74) is 1.58. The highest BCUT2D eigenvalue weighted by Gasteiger charge is 2.24. The van der Waals surface area contributed by atoms with Crippen LogP contribution in [0.15, 0.2) is 6.33 Å². The molecule has 2 aromatic heterocycles. The van der Waals surface area contributed by atoms with E-state index in [1.54, 1.807) is 6.33 Å². The van der Waals surface area contributed by atoms with Crippen LogP contribution < -0.4 is 10.2 Å². The monoisotopic (exact) mass is 276 g/mol. The van der Waals surface area contributed by atoms with E-state index in [1.165, 1.54) is 0 Å². The lowest BCUT2D eigenvalue weighted by Gasteiger charge is -2.33. The maximum Gasteiger partial charge on any atom is 0.226 e. The first-order valence-corrected chi connectivity index (χ1v) is 7.07. The Morgan fingerprint density at radius 3 is 3.20 bits per heavy atom. The molecule has 2 aromatic rings. The molecule has 1 unspecified atom stereocenters. The van der Waals surface area contributed by atoms with Gasteiger partial charge in [-0.25, -0.2) is 4.98 Å². The van der Waals surface area contributed by atoms with Crippen molar-refractivity contribution in [3.8, 4) is 0 Å². The van der Waals surface area contributed by atoms with Crippen LogP contribution in [-0.2, 0) is 4.74 Å². The van der Waals surface area contributed by atoms with Crippen LogP contribution >= 0.6 is 0 Å². The molecule has 1 saturated heterocycles. The molecule has 7 nitrogen and oxygen atoms in total. The van der Waals surface area contributed by atoms with E-state index in [-0.39, 0.29) is 6.10 Å². The van der Waals surface area contributed by atoms with Gasteiger partial charge in [-0.15, -0.1) is 0 Å². The highest BCUT2D eigenvalue weighted by atomic mass is 16.5. The molecule has 0 radical (unpaired) electrons. The molecular weight excluding hydrogens is 256 g/mol. The lowest BCUT2D eigenvalue weighted by Crippen LogP contribution is -2.40. The number of piperidine rings is 1. The van der Waals surface area contributed by atoms with Crippen LogP contribution in [0.1, 0.15) is 19.8 Å². The molecule has 1 atom stereocenters. The third-order valence-corrected chi connectivity index (χ3v) is 3.57. The van der Waals surface area contributed by atoms with Crippen LogP contribution in [0.25, 0.3) is 11.2 Å². The standard InChI is InChI=1S/C13H20N6O/c1-3-20-9-5-4-6-19(7-9)12-10-11(16-8-15-10)17-13(14-2)18-12/h8-9H,3-7H2,1-2H3,(H2,14,15,16,17,18). The first kappa shape index (κ1) is 13.1. The van der Waals surface area contributed by atoms with Gasteiger partial charge in [-0.2, -0.15) is 9.97 Å². The van der Waals surface area contributed by atoms with E-state index in [4.69, 9.17) is 4.74 Å². The number of H-pyrrole nitrogens is 1. The van der Waals surface area contributed by atoms with E-state index in [0.29, 0.717) is 11.6 Å². The fourth-order valence-electron chi connectivity index (χ4n) is 2.66. The molecule has 0 aliphatic carbocycles. The summed E-state index contributed by atoms with van der Waals surface area (Å²) in [6.45, 7) is 4.64. The van der Waals surface area contributed by atoms with Gasteiger partial charge in [0.25, 0.3) is 0 Å². The lowest BCUT2D eigenvalue weighted by molar-refractivity contribution is 0.0525. The topological polar surface area (TPSA) is 79.0 Å². The number of aromatic amines is 1. The Labute approximate surface area is 117 Å². The largest absolute Gasteiger partial charge is 0.377 e. The van der Waals surface area contributed by atoms with E-state index in [0.717, 1.165) is 43.9 Å². The minimum absolute atomic E-state index is 0.278. The number of hydrogen-bond acceptors (Lipinski definition) is 6. The zero-order valence-electron chi connectivity index (χ0n) is 11.9. The van der Waals surface area contributed by atoms with Crippen LogP contribution in [0.3, 0.4) is 0 Å². The van der Waals surface area contributed by atoms with Gasteiger partial charge in [0.2, 0.25) is 5.95 Å². The Morgan fingerprint density at radius 1 is 1.50 bits per heavy atom. The summed E-state index contributed by atoms with van der Waals surface area (Å²) in [6.07, 6.45) is 4.16. The van der Waals surface area contributed by atoms with E-state index >= 15 is 0 Å². The van der Waals surface area contributed by atoms with Gasteiger partial charge in [0, 0.05) is 26.7 Å². The maximum atomic E-state index is 5.76. The minimum Gasteiger partial charge on any atom is -0.377 e. The van der Waals surface area contributed by atoms with E-state index in [2.05, 4.69) is 30.2 Å². The van der Waals surface area contributed by atoms with Crippen molar-refractivity contribution in [1.82, 2.24) is 19.9 Å². The molecule has 7 heteroatoms. The molecule has 0 saturated carbocycles. The van der Waals surface area contributed by atoms with Crippen molar-refractivity contribution in [2.24, 2.45) is 0 Å². The molecule has 0 spiro atoms. The van der Waals surface area contributed by atoms with Crippen LogP contribution in [0.5, 0.6) is 0 Å². The average molecular weight is 276 g/mol. The summed E-state index contributed by atoms with van der Waals surface area (Å²) >= 11 is 0. The Morgan fingerprint density at radius 2 is 2.40 bits per heavy atom. The predicted octanol–water partition coefficient (Wildman–Crippen LogP) is 1.40. The highest BCUT2D eigenvalue weighted by Crippen LogP contribution is 2.26. The summed E-state index contributed by atoms with van der Waals surface area (Å²) in [6, 6.07) is 0. The number of anilines is 2. The van der Waals surface area contributed by atoms with Crippen LogP contribution in [-0.4, -0.2) is 52.8 Å². The molecule has 3 rings (SSSR count). The predicted molar refractivity (Wildman–Crippen MR) is 78.1 cm³/mol. The molecule has 1 fully saturated rings. The zero-order valence-corrected chi connectivity index (χ0v) is 11.9. The van der Waals surface area contributed by atoms with E-state index in [1.807, 2.05) is 14.0 Å². The molecule has 20 heavy (non-hydrogen) atoms. The van der Waals surface area contributed by atoms with Gasteiger partial charge >= 0.3 is 0 Å². The molecule has 1 aliphatic rings. The van der Waals surface area contributed by atoms with Crippen LogP contribution in [0.4, 0.5) is 11.8 Å². The minimum atomic E-state index is 0.278. The molecule has 0 amide bonds. The zero-order chi connectivity index (χ0) is 13.9. The van der Waals surface area contributed by atoms with Gasteiger partial charge in [0.05, 0.1) is 12.4 Å². The Bertz CT molecular complexity index is 581. The lowest BCUT2D eigenvalue weighted by atomic mass is 10.1. The number of aromatic nitrogens is 4. The van der Waals surface area contributed by atoms with Gasteiger partial charge in [-0.05, 0) is 19.8 Å². The van der Waals surface area contributed by atoms with E-state index in [9.17, 15) is 0 Å². The number of nitrogens with zero attached hydrogens (tertiary/aromatic N) is 4. The SMILES string of the molecule is CCOC1CCCN(c2nc(NC)nc3nc[nH]c23)C1. The van der Waals surface area contributed by atoms with Crippen molar-refractivity contribution >= 4 is 22.9 Å². The first-order chi connectivity index (χ1) is 9.81. The fraction of sp³-hybridized carbons (Fsp3) is 0.615. The maximum absolute atomic E-state index is 5.76. The second-order valence-corrected chi connectivity index (χ2v) is 4.89. The third kappa shape index (κ3) is 2.40. The van der Waals surface area contributed by atoms with Gasteiger partial charge in [-0.1, -0.05) is 0 Å². The first-order valence-electron chi connectivity index (χ1n) is 7.07. The Hall–Kier alpha value is -1.89. The molecule has 1 aliphatic heterocycles. The fourth-order valence-corrected chi connectivity index (χ4v) is 2.66. The molecule has 3 heterocycles. The van der Waals surface area contributed by atoms with Crippen molar-refractivity contribution in [2.45, 2.75) is 25.9 Å². The van der Waals surface area contributed by atoms with Crippen molar-refractivity contribution in [3.63, 3.8) is 0 Å². The van der Waals surface area contributed by atoms with Crippen molar-refractivity contribution < 1.29 is 4.74 Å². The highest BCUT2D eigenvalue weighted by molar-refractivity contribution is 5.84. The van der Waals surface area contributed by atoms with Crippen molar-refractivity contribution in [3.05, 3.63) is 6.33 Å². The third-order valence-electron chi connectivity index (χ3n) is 3.57. The average Bonchev–Trinajstić information content (AvgIpc) is 2.95. The van der Waals surface area contributed by atoms with Gasteiger partial charge in [-0.3, -0.25) is 0 Å². The molecule has 0 bridgehead atoms. The van der Waals surface area contributed by atoms with E-state index < -0.39 is 0 Å². The Balaban J connectivity index is 1.93. The normalized spacial score (nSPS) is 19.5. The Kier molecular flexibility index (Phi) is 3.68. The second-order valence-electron chi connectivity index (χ2n) is 4.89. The number of fused-ring (bicyclic) bond motifs is 1. The smallest absolute Gasteiger partial charge is 0.226 e. The number of imidazole rings is 1. The van der Waals surface area contributed by atoms with Crippen LogP contribution in [0.2, 0.25) is 0 Å². The summed E-state index contributed by atoms with van der Waals surface area (Å²) in [5, 5.41) is 2.99. The number of hydrogen-bond donors (Lipinski definition) is 2. The van der Waals surface area contributed by atoms with Crippen molar-refractivity contribution in [1.29, 1.82) is 0 Å². The quantitative estimate of drug-likeness (QED) is 0.879.